The molecular weight excluding hydrogens is 380 g/mol. The van der Waals surface area contributed by atoms with Gasteiger partial charge in [-0.1, -0.05) is 6.07 Å². The first kappa shape index (κ1) is 19.9. The summed E-state index contributed by atoms with van der Waals surface area (Å²) in [5, 5.41) is 11.1. The van der Waals surface area contributed by atoms with Gasteiger partial charge >= 0.3 is 0 Å². The van der Waals surface area contributed by atoms with Gasteiger partial charge in [0, 0.05) is 30.2 Å². The first-order valence-electron chi connectivity index (χ1n) is 9.80. The molecule has 2 fully saturated rings. The van der Waals surface area contributed by atoms with E-state index in [4.69, 9.17) is 9.47 Å². The van der Waals surface area contributed by atoms with E-state index in [0.717, 1.165) is 36.9 Å². The van der Waals surface area contributed by atoms with Crippen molar-refractivity contribution in [2.24, 2.45) is 5.92 Å². The van der Waals surface area contributed by atoms with Crippen LogP contribution >= 0.6 is 0 Å². The molecule has 8 heteroatoms. The molecule has 0 spiro atoms. The van der Waals surface area contributed by atoms with Gasteiger partial charge in [-0.05, 0) is 56.8 Å². The molecule has 3 aliphatic rings. The highest BCUT2D eigenvalue weighted by Gasteiger charge is 2.58. The van der Waals surface area contributed by atoms with Crippen LogP contribution in [0.3, 0.4) is 0 Å². The Morgan fingerprint density at radius 3 is 2.71 bits per heavy atom. The number of aromatic hydroxyl groups is 1. The molecule has 0 aromatic heterocycles. The summed E-state index contributed by atoms with van der Waals surface area (Å²) in [6.07, 6.45) is 4.12. The maximum absolute atomic E-state index is 12.0. The van der Waals surface area contributed by atoms with Crippen LogP contribution in [0.15, 0.2) is 12.1 Å². The SMILES string of the molecule is COc1ccc2c(c1O)[C@@]13CCN(C)[C@@H](C2)[C@H]1C[C@@H](OC)[C@H](NS(C)(=O)=O)C3. The van der Waals surface area contributed by atoms with E-state index in [9.17, 15) is 13.5 Å². The van der Waals surface area contributed by atoms with Gasteiger partial charge in [-0.15, -0.1) is 0 Å². The Morgan fingerprint density at radius 2 is 2.07 bits per heavy atom. The van der Waals surface area contributed by atoms with E-state index in [1.54, 1.807) is 14.2 Å². The predicted molar refractivity (Wildman–Crippen MR) is 106 cm³/mol. The van der Waals surface area contributed by atoms with Gasteiger partial charge in [0.2, 0.25) is 10.0 Å². The lowest BCUT2D eigenvalue weighted by molar-refractivity contribution is -0.0657. The average Bonchev–Trinajstić information content (AvgIpc) is 2.62. The number of phenols is 1. The summed E-state index contributed by atoms with van der Waals surface area (Å²) >= 11 is 0. The molecule has 1 saturated heterocycles. The molecule has 4 rings (SSSR count). The third kappa shape index (κ3) is 3.01. The highest BCUT2D eigenvalue weighted by atomic mass is 32.2. The fraction of sp³-hybridized carbons (Fsp3) is 0.700. The Kier molecular flexibility index (Phi) is 4.89. The Balaban J connectivity index is 1.86. The molecule has 28 heavy (non-hydrogen) atoms. The maximum Gasteiger partial charge on any atom is 0.209 e. The minimum Gasteiger partial charge on any atom is -0.504 e. The number of nitrogens with one attached hydrogen (secondary N) is 1. The zero-order valence-corrected chi connectivity index (χ0v) is 17.8. The lowest BCUT2D eigenvalue weighted by atomic mass is 9.51. The van der Waals surface area contributed by atoms with Gasteiger partial charge in [-0.2, -0.15) is 0 Å². The quantitative estimate of drug-likeness (QED) is 0.777. The molecular formula is C20H30N2O5S. The third-order valence-electron chi connectivity index (χ3n) is 7.21. The molecule has 0 radical (unpaired) electrons. The third-order valence-corrected chi connectivity index (χ3v) is 7.94. The molecule has 1 aliphatic heterocycles. The van der Waals surface area contributed by atoms with E-state index < -0.39 is 10.0 Å². The number of hydrogen-bond donors (Lipinski definition) is 2. The molecule has 1 heterocycles. The fourth-order valence-electron chi connectivity index (χ4n) is 6.07. The number of ether oxygens (including phenoxy) is 2. The second-order valence-electron chi connectivity index (χ2n) is 8.63. The predicted octanol–water partition coefficient (Wildman–Crippen LogP) is 1.24. The van der Waals surface area contributed by atoms with E-state index in [-0.39, 0.29) is 23.3 Å². The summed E-state index contributed by atoms with van der Waals surface area (Å²) in [6, 6.07) is 3.91. The van der Waals surface area contributed by atoms with Crippen LogP contribution in [-0.4, -0.2) is 70.7 Å². The average molecular weight is 411 g/mol. The molecule has 156 valence electrons. The second kappa shape index (κ2) is 6.86. The normalized spacial score (nSPS) is 35.1. The summed E-state index contributed by atoms with van der Waals surface area (Å²) in [4.78, 5) is 2.41. The summed E-state index contributed by atoms with van der Waals surface area (Å²) in [5.74, 6) is 0.979. The number of phenolic OH excluding ortho intramolecular Hbond substituents is 1. The molecule has 5 atom stereocenters. The van der Waals surface area contributed by atoms with E-state index in [0.29, 0.717) is 24.1 Å². The number of benzene rings is 1. The molecule has 0 unspecified atom stereocenters. The van der Waals surface area contributed by atoms with Crippen molar-refractivity contribution in [2.45, 2.75) is 49.3 Å². The molecule has 0 amide bonds. The van der Waals surface area contributed by atoms with Crippen molar-refractivity contribution in [1.82, 2.24) is 9.62 Å². The number of hydrogen-bond acceptors (Lipinski definition) is 6. The Morgan fingerprint density at radius 1 is 1.32 bits per heavy atom. The number of rotatable bonds is 4. The largest absolute Gasteiger partial charge is 0.504 e. The van der Waals surface area contributed by atoms with Crippen LogP contribution in [0.5, 0.6) is 11.5 Å². The van der Waals surface area contributed by atoms with Gasteiger partial charge in [0.25, 0.3) is 0 Å². The van der Waals surface area contributed by atoms with Crippen molar-refractivity contribution in [2.75, 3.05) is 34.1 Å². The highest BCUT2D eigenvalue weighted by Crippen LogP contribution is 2.59. The van der Waals surface area contributed by atoms with E-state index >= 15 is 0 Å². The van der Waals surface area contributed by atoms with E-state index in [1.807, 2.05) is 6.07 Å². The van der Waals surface area contributed by atoms with Gasteiger partial charge < -0.3 is 19.5 Å². The summed E-state index contributed by atoms with van der Waals surface area (Å²) in [6.45, 7) is 0.917. The van der Waals surface area contributed by atoms with Crippen molar-refractivity contribution in [1.29, 1.82) is 0 Å². The van der Waals surface area contributed by atoms with E-state index in [1.165, 1.54) is 6.26 Å². The van der Waals surface area contributed by atoms with Gasteiger partial charge in [-0.25, -0.2) is 13.1 Å². The smallest absolute Gasteiger partial charge is 0.209 e. The van der Waals surface area contributed by atoms with Crippen LogP contribution in [0.4, 0.5) is 0 Å². The molecule has 1 saturated carbocycles. The van der Waals surface area contributed by atoms with E-state index in [2.05, 4.69) is 22.7 Å². The minimum absolute atomic E-state index is 0.184. The van der Waals surface area contributed by atoms with Crippen molar-refractivity contribution in [3.63, 3.8) is 0 Å². The summed E-state index contributed by atoms with van der Waals surface area (Å²) in [5.41, 5.74) is 1.80. The van der Waals surface area contributed by atoms with Gasteiger partial charge in [-0.3, -0.25) is 0 Å². The number of nitrogens with zero attached hydrogens (tertiary/aromatic N) is 1. The Hall–Kier alpha value is -1.35. The van der Waals surface area contributed by atoms with Crippen LogP contribution in [0, 0.1) is 5.92 Å². The number of sulfonamides is 1. The maximum atomic E-state index is 12.0. The number of fused-ring (bicyclic) bond motifs is 1. The number of piperidine rings is 1. The fourth-order valence-corrected chi connectivity index (χ4v) is 6.86. The van der Waals surface area contributed by atoms with Gasteiger partial charge in [0.15, 0.2) is 11.5 Å². The molecule has 1 aromatic carbocycles. The van der Waals surface area contributed by atoms with Crippen molar-refractivity contribution in [3.8, 4) is 11.5 Å². The van der Waals surface area contributed by atoms with Crippen molar-refractivity contribution >= 4 is 10.0 Å². The zero-order valence-electron chi connectivity index (χ0n) is 16.9. The van der Waals surface area contributed by atoms with Gasteiger partial charge in [0.05, 0.1) is 19.5 Å². The zero-order chi connectivity index (χ0) is 20.3. The van der Waals surface area contributed by atoms with Crippen LogP contribution < -0.4 is 9.46 Å². The van der Waals surface area contributed by atoms with Crippen LogP contribution in [0.1, 0.15) is 30.4 Å². The lowest BCUT2D eigenvalue weighted by Crippen LogP contribution is -2.65. The first-order chi connectivity index (χ1) is 13.2. The van der Waals surface area contributed by atoms with Crippen molar-refractivity contribution < 1.29 is 23.0 Å². The van der Waals surface area contributed by atoms with Crippen LogP contribution in [0.2, 0.25) is 0 Å². The van der Waals surface area contributed by atoms with Gasteiger partial charge in [0.1, 0.15) is 0 Å². The monoisotopic (exact) mass is 410 g/mol. The molecule has 2 bridgehead atoms. The highest BCUT2D eigenvalue weighted by molar-refractivity contribution is 7.88. The summed E-state index contributed by atoms with van der Waals surface area (Å²) in [7, 11) is 2.00. The van der Waals surface area contributed by atoms with Crippen LogP contribution in [-0.2, 0) is 26.6 Å². The number of methoxy groups -OCH3 is 2. The Labute approximate surface area is 167 Å². The first-order valence-corrected chi connectivity index (χ1v) is 11.7. The number of likely N-dealkylation sites (N-methyl/N-ethyl adjacent to an activating group) is 1. The minimum atomic E-state index is -3.37. The Bertz CT molecular complexity index is 874. The summed E-state index contributed by atoms with van der Waals surface area (Å²) < 4.78 is 38.0. The second-order valence-corrected chi connectivity index (χ2v) is 10.4. The molecule has 7 nitrogen and oxygen atoms in total. The van der Waals surface area contributed by atoms with Crippen molar-refractivity contribution in [3.05, 3.63) is 23.3 Å². The van der Waals surface area contributed by atoms with Crippen LogP contribution in [0.25, 0.3) is 0 Å². The molecule has 2 N–H and O–H groups in total. The molecule has 1 aromatic rings. The lowest BCUT2D eigenvalue weighted by Gasteiger charge is -2.60. The molecule has 2 aliphatic carbocycles. The standard InChI is InChI=1S/C20H30N2O5S/c1-22-8-7-20-11-14(21-28(4,24)25)17(27-3)10-13(20)15(22)9-12-5-6-16(26-2)19(23)18(12)20/h5-6,13-15,17,21,23H,7-11H2,1-4H3/t13-,14-,15+,17-,20-/m1/s1. The number of likely N-dealkylation sites (tertiary alicyclic amines) is 1. The topological polar surface area (TPSA) is 88.1 Å².